The number of hydrogen-bond acceptors (Lipinski definition) is 6. The van der Waals surface area contributed by atoms with E-state index in [1.54, 1.807) is 13.2 Å². The van der Waals surface area contributed by atoms with E-state index in [9.17, 15) is 5.26 Å². The van der Waals surface area contributed by atoms with E-state index in [0.717, 1.165) is 22.4 Å². The molecule has 1 atom stereocenters. The summed E-state index contributed by atoms with van der Waals surface area (Å²) in [5.74, 6) is 1.05. The molecule has 0 fully saturated rings. The Labute approximate surface area is 178 Å². The van der Waals surface area contributed by atoms with Crippen molar-refractivity contribution in [2.75, 3.05) is 7.11 Å². The Bertz CT molecular complexity index is 1180. The average Bonchev–Trinajstić information content (AvgIpc) is 3.12. The molecule has 0 aliphatic carbocycles. The van der Waals surface area contributed by atoms with Crippen LogP contribution in [0.3, 0.4) is 0 Å². The van der Waals surface area contributed by atoms with Gasteiger partial charge in [-0.05, 0) is 19.1 Å². The van der Waals surface area contributed by atoms with Gasteiger partial charge in [0.2, 0.25) is 11.8 Å². The first-order valence-electron chi connectivity index (χ1n) is 9.20. The summed E-state index contributed by atoms with van der Waals surface area (Å²) in [6.45, 7) is 2.12. The lowest BCUT2D eigenvalue weighted by Crippen LogP contribution is -2.21. The van der Waals surface area contributed by atoms with Gasteiger partial charge in [0.1, 0.15) is 29.7 Å². The standard InChI is InChI=1S/C22H19ClN4O3/c1-12-19-20(16(10-24)21(25)30-22(19)27-26-12)15-8-7-14(28-2)9-18(15)29-11-13-5-3-4-6-17(13)23/h3-9,20H,11,25H2,1-2H3,(H,26,27)/t20-/m0/s1. The van der Waals surface area contributed by atoms with Gasteiger partial charge in [0.25, 0.3) is 0 Å². The number of aromatic nitrogens is 2. The van der Waals surface area contributed by atoms with Crippen LogP contribution in [0.4, 0.5) is 0 Å². The van der Waals surface area contributed by atoms with Gasteiger partial charge in [0.15, 0.2) is 0 Å². The Kier molecular flexibility index (Phi) is 5.25. The molecule has 1 aromatic heterocycles. The number of fused-ring (bicyclic) bond motifs is 1. The Morgan fingerprint density at radius 1 is 1.30 bits per heavy atom. The molecule has 0 bridgehead atoms. The molecule has 2 heterocycles. The van der Waals surface area contributed by atoms with Crippen LogP contribution in [0, 0.1) is 18.3 Å². The van der Waals surface area contributed by atoms with Crippen LogP contribution in [0.25, 0.3) is 0 Å². The number of nitriles is 1. The number of benzene rings is 2. The molecular formula is C22H19ClN4O3. The molecule has 152 valence electrons. The SMILES string of the molecule is COc1ccc([C@H]2C(C#N)=C(N)Oc3n[nH]c(C)c32)c(OCc2ccccc2Cl)c1. The number of rotatable bonds is 5. The van der Waals surface area contributed by atoms with Crippen LogP contribution in [-0.4, -0.2) is 17.3 Å². The lowest BCUT2D eigenvalue weighted by atomic mass is 9.83. The monoisotopic (exact) mass is 422 g/mol. The summed E-state index contributed by atoms with van der Waals surface area (Å²) in [6, 6.07) is 15.1. The molecule has 3 aromatic rings. The number of nitrogens with zero attached hydrogens (tertiary/aromatic N) is 2. The second-order valence-corrected chi connectivity index (χ2v) is 7.18. The molecule has 0 unspecified atom stereocenters. The van der Waals surface area contributed by atoms with Gasteiger partial charge in [0, 0.05) is 33.5 Å². The Morgan fingerprint density at radius 2 is 2.10 bits per heavy atom. The maximum absolute atomic E-state index is 9.80. The second kappa shape index (κ2) is 8.01. The molecule has 2 aromatic carbocycles. The van der Waals surface area contributed by atoms with Crippen molar-refractivity contribution in [1.82, 2.24) is 10.2 Å². The van der Waals surface area contributed by atoms with Crippen molar-refractivity contribution in [2.45, 2.75) is 19.4 Å². The van der Waals surface area contributed by atoms with Gasteiger partial charge in [0.05, 0.1) is 13.0 Å². The number of aromatic amines is 1. The number of nitrogens with one attached hydrogen (secondary N) is 1. The summed E-state index contributed by atoms with van der Waals surface area (Å²) in [5, 5.41) is 17.5. The van der Waals surface area contributed by atoms with Crippen molar-refractivity contribution in [2.24, 2.45) is 5.73 Å². The molecule has 0 spiro atoms. The number of methoxy groups -OCH3 is 1. The van der Waals surface area contributed by atoms with Crippen molar-refractivity contribution in [3.63, 3.8) is 0 Å². The molecular weight excluding hydrogens is 404 g/mol. The summed E-state index contributed by atoms with van der Waals surface area (Å²) >= 11 is 6.27. The molecule has 1 aliphatic rings. The molecule has 0 radical (unpaired) electrons. The first kappa shape index (κ1) is 19.7. The zero-order valence-electron chi connectivity index (χ0n) is 16.4. The quantitative estimate of drug-likeness (QED) is 0.638. The van der Waals surface area contributed by atoms with Crippen molar-refractivity contribution in [3.8, 4) is 23.4 Å². The minimum absolute atomic E-state index is 0.0226. The van der Waals surface area contributed by atoms with Crippen LogP contribution in [0.5, 0.6) is 17.4 Å². The van der Waals surface area contributed by atoms with Crippen LogP contribution in [-0.2, 0) is 6.61 Å². The number of allylic oxidation sites excluding steroid dienone is 1. The summed E-state index contributed by atoms with van der Waals surface area (Å²) in [6.07, 6.45) is 0. The number of nitrogens with two attached hydrogens (primary N) is 1. The summed E-state index contributed by atoms with van der Waals surface area (Å²) in [5.41, 5.74) is 9.44. The molecule has 0 saturated heterocycles. The Morgan fingerprint density at radius 3 is 2.83 bits per heavy atom. The van der Waals surface area contributed by atoms with Gasteiger partial charge in [-0.1, -0.05) is 35.9 Å². The molecule has 8 heteroatoms. The van der Waals surface area contributed by atoms with E-state index in [4.69, 9.17) is 31.5 Å². The minimum atomic E-state index is -0.496. The molecule has 30 heavy (non-hydrogen) atoms. The van der Waals surface area contributed by atoms with Gasteiger partial charge in [-0.15, -0.1) is 5.10 Å². The summed E-state index contributed by atoms with van der Waals surface area (Å²) < 4.78 is 17.1. The van der Waals surface area contributed by atoms with Crippen LogP contribution < -0.4 is 19.9 Å². The summed E-state index contributed by atoms with van der Waals surface area (Å²) in [4.78, 5) is 0. The smallest absolute Gasteiger partial charge is 0.244 e. The van der Waals surface area contributed by atoms with E-state index in [1.165, 1.54) is 0 Å². The highest BCUT2D eigenvalue weighted by molar-refractivity contribution is 6.31. The van der Waals surface area contributed by atoms with E-state index in [2.05, 4.69) is 16.3 Å². The minimum Gasteiger partial charge on any atom is -0.497 e. The molecule has 0 amide bonds. The lowest BCUT2D eigenvalue weighted by Gasteiger charge is -2.25. The maximum atomic E-state index is 9.80. The molecule has 4 rings (SSSR count). The maximum Gasteiger partial charge on any atom is 0.244 e. The number of H-pyrrole nitrogens is 1. The first-order valence-corrected chi connectivity index (χ1v) is 9.57. The fourth-order valence-corrected chi connectivity index (χ4v) is 3.68. The second-order valence-electron chi connectivity index (χ2n) is 6.78. The Balaban J connectivity index is 1.81. The van der Waals surface area contributed by atoms with Crippen molar-refractivity contribution in [3.05, 3.63) is 81.3 Å². The largest absolute Gasteiger partial charge is 0.497 e. The number of hydrogen-bond donors (Lipinski definition) is 2. The molecule has 3 N–H and O–H groups in total. The van der Waals surface area contributed by atoms with Crippen LogP contribution in [0.1, 0.15) is 28.3 Å². The average molecular weight is 423 g/mol. The van der Waals surface area contributed by atoms with E-state index < -0.39 is 5.92 Å². The Hall–Kier alpha value is -3.63. The number of aryl methyl sites for hydroxylation is 1. The van der Waals surface area contributed by atoms with Gasteiger partial charge in [-0.25, -0.2) is 0 Å². The number of ether oxygens (including phenoxy) is 3. The fourth-order valence-electron chi connectivity index (χ4n) is 3.49. The number of halogens is 1. The third-order valence-electron chi connectivity index (χ3n) is 5.00. The summed E-state index contributed by atoms with van der Waals surface area (Å²) in [7, 11) is 1.58. The van der Waals surface area contributed by atoms with E-state index >= 15 is 0 Å². The van der Waals surface area contributed by atoms with Crippen LogP contribution in [0.15, 0.2) is 53.9 Å². The first-order chi connectivity index (χ1) is 14.5. The topological polar surface area (TPSA) is 106 Å². The predicted molar refractivity (Wildman–Crippen MR) is 111 cm³/mol. The van der Waals surface area contributed by atoms with Crippen LogP contribution >= 0.6 is 11.6 Å². The zero-order chi connectivity index (χ0) is 21.3. The highest BCUT2D eigenvalue weighted by Gasteiger charge is 2.36. The van der Waals surface area contributed by atoms with Gasteiger partial charge < -0.3 is 19.9 Å². The van der Waals surface area contributed by atoms with Crippen LogP contribution in [0.2, 0.25) is 5.02 Å². The van der Waals surface area contributed by atoms with Crippen molar-refractivity contribution < 1.29 is 14.2 Å². The molecule has 1 aliphatic heterocycles. The van der Waals surface area contributed by atoms with E-state index in [1.807, 2.05) is 43.3 Å². The van der Waals surface area contributed by atoms with Gasteiger partial charge in [-0.3, -0.25) is 5.10 Å². The fraction of sp³-hybridized carbons (Fsp3) is 0.182. The molecule has 7 nitrogen and oxygen atoms in total. The van der Waals surface area contributed by atoms with Gasteiger partial charge in [-0.2, -0.15) is 5.26 Å². The predicted octanol–water partition coefficient (Wildman–Crippen LogP) is 4.18. The van der Waals surface area contributed by atoms with E-state index in [-0.39, 0.29) is 12.5 Å². The van der Waals surface area contributed by atoms with Crippen molar-refractivity contribution in [1.29, 1.82) is 5.26 Å². The third-order valence-corrected chi connectivity index (χ3v) is 5.37. The lowest BCUT2D eigenvalue weighted by molar-refractivity contribution is 0.299. The van der Waals surface area contributed by atoms with E-state index in [0.29, 0.717) is 28.0 Å². The normalized spacial score (nSPS) is 15.2. The molecule has 0 saturated carbocycles. The third kappa shape index (κ3) is 3.42. The highest BCUT2D eigenvalue weighted by atomic mass is 35.5. The van der Waals surface area contributed by atoms with Gasteiger partial charge >= 0.3 is 0 Å². The highest BCUT2D eigenvalue weighted by Crippen LogP contribution is 2.46. The zero-order valence-corrected chi connectivity index (χ0v) is 17.2. The van der Waals surface area contributed by atoms with Crippen molar-refractivity contribution >= 4 is 11.6 Å².